The Balaban J connectivity index is 2.01. The molecule has 1 unspecified atom stereocenters. The molecule has 0 bridgehead atoms. The smallest absolute Gasteiger partial charge is 0.307 e. The molecule has 88 valence electrons. The quantitative estimate of drug-likeness (QED) is 0.611. The summed E-state index contributed by atoms with van der Waals surface area (Å²) in [4.78, 5) is 12.8. The lowest BCUT2D eigenvalue weighted by molar-refractivity contribution is -0.141. The van der Waals surface area contributed by atoms with E-state index in [2.05, 4.69) is 4.90 Å². The maximum absolute atomic E-state index is 10.7. The Hall–Kier alpha value is -0.650. The molecule has 1 atom stereocenters. The van der Waals surface area contributed by atoms with Gasteiger partial charge in [-0.1, -0.05) is 0 Å². The van der Waals surface area contributed by atoms with Gasteiger partial charge in [0.25, 0.3) is 0 Å². The Morgan fingerprint density at radius 2 is 2.27 bits per heavy atom. The molecule has 15 heavy (non-hydrogen) atoms. The summed E-state index contributed by atoms with van der Waals surface area (Å²) in [5.41, 5.74) is 0. The van der Waals surface area contributed by atoms with Gasteiger partial charge in [0.05, 0.1) is 25.7 Å². The van der Waals surface area contributed by atoms with E-state index < -0.39 is 5.97 Å². The van der Waals surface area contributed by atoms with Gasteiger partial charge in [-0.05, 0) is 13.0 Å². The molecule has 1 aliphatic rings. The molecule has 1 rings (SSSR count). The van der Waals surface area contributed by atoms with Crippen molar-refractivity contribution in [3.8, 4) is 0 Å². The fraction of sp³-hybridized carbons (Fsp3) is 0.900. The van der Waals surface area contributed by atoms with E-state index in [4.69, 9.17) is 14.6 Å². The highest BCUT2D eigenvalue weighted by Crippen LogP contribution is 2.15. The Morgan fingerprint density at radius 3 is 2.87 bits per heavy atom. The molecule has 0 amide bonds. The van der Waals surface area contributed by atoms with Crippen molar-refractivity contribution in [2.45, 2.75) is 6.42 Å². The first-order chi connectivity index (χ1) is 7.24. The summed E-state index contributed by atoms with van der Waals surface area (Å²) in [6.07, 6.45) is 0.757. The van der Waals surface area contributed by atoms with Crippen molar-refractivity contribution in [3.05, 3.63) is 0 Å². The van der Waals surface area contributed by atoms with Crippen LogP contribution in [0.3, 0.4) is 0 Å². The van der Waals surface area contributed by atoms with Gasteiger partial charge in [0.1, 0.15) is 0 Å². The van der Waals surface area contributed by atoms with Crippen LogP contribution in [0.5, 0.6) is 0 Å². The maximum Gasteiger partial charge on any atom is 0.307 e. The molecular formula is C10H19NO4. The number of methoxy groups -OCH3 is 1. The van der Waals surface area contributed by atoms with Crippen LogP contribution in [-0.4, -0.2) is 62.5 Å². The third kappa shape index (κ3) is 4.59. The third-order valence-corrected chi connectivity index (χ3v) is 2.61. The van der Waals surface area contributed by atoms with E-state index in [1.165, 1.54) is 0 Å². The van der Waals surface area contributed by atoms with Gasteiger partial charge in [0, 0.05) is 20.2 Å². The second kappa shape index (κ2) is 6.76. The maximum atomic E-state index is 10.7. The van der Waals surface area contributed by atoms with Crippen LogP contribution in [-0.2, 0) is 14.3 Å². The molecule has 1 heterocycles. The molecule has 5 heteroatoms. The molecule has 0 saturated carbocycles. The zero-order valence-corrected chi connectivity index (χ0v) is 9.15. The van der Waals surface area contributed by atoms with Crippen LogP contribution in [0.15, 0.2) is 0 Å². The Bertz CT molecular complexity index is 198. The van der Waals surface area contributed by atoms with Crippen molar-refractivity contribution in [1.29, 1.82) is 0 Å². The fourth-order valence-corrected chi connectivity index (χ4v) is 1.68. The van der Waals surface area contributed by atoms with E-state index in [1.807, 2.05) is 0 Å². The van der Waals surface area contributed by atoms with Crippen LogP contribution in [0, 0.1) is 5.92 Å². The number of likely N-dealkylation sites (tertiary alicyclic amines) is 1. The molecule has 0 aromatic rings. The Kier molecular flexibility index (Phi) is 5.60. The largest absolute Gasteiger partial charge is 0.481 e. The highest BCUT2D eigenvalue weighted by atomic mass is 16.5. The van der Waals surface area contributed by atoms with Gasteiger partial charge in [-0.3, -0.25) is 4.79 Å². The minimum Gasteiger partial charge on any atom is -0.481 e. The van der Waals surface area contributed by atoms with Crippen LogP contribution in [0.4, 0.5) is 0 Å². The van der Waals surface area contributed by atoms with Crippen molar-refractivity contribution >= 4 is 5.97 Å². The van der Waals surface area contributed by atoms with Gasteiger partial charge in [-0.2, -0.15) is 0 Å². The van der Waals surface area contributed by atoms with Crippen LogP contribution >= 0.6 is 0 Å². The third-order valence-electron chi connectivity index (χ3n) is 2.61. The van der Waals surface area contributed by atoms with Gasteiger partial charge in [0.2, 0.25) is 0 Å². The van der Waals surface area contributed by atoms with Crippen LogP contribution in [0.1, 0.15) is 6.42 Å². The zero-order chi connectivity index (χ0) is 11.1. The lowest BCUT2D eigenvalue weighted by atomic mass is 10.1. The number of ether oxygens (including phenoxy) is 2. The summed E-state index contributed by atoms with van der Waals surface area (Å²) in [6.45, 7) is 4.20. The molecule has 1 aliphatic heterocycles. The molecule has 0 aromatic carbocycles. The number of carboxylic acid groups (broad SMARTS) is 1. The summed E-state index contributed by atoms with van der Waals surface area (Å²) in [5, 5.41) is 8.80. The zero-order valence-electron chi connectivity index (χ0n) is 9.15. The highest BCUT2D eigenvalue weighted by molar-refractivity contribution is 5.70. The van der Waals surface area contributed by atoms with E-state index in [0.717, 1.165) is 19.5 Å². The Morgan fingerprint density at radius 1 is 1.47 bits per heavy atom. The number of carbonyl (C=O) groups is 1. The number of hydrogen-bond acceptors (Lipinski definition) is 4. The van der Waals surface area contributed by atoms with Gasteiger partial charge in [-0.15, -0.1) is 0 Å². The van der Waals surface area contributed by atoms with E-state index in [0.29, 0.717) is 26.4 Å². The van der Waals surface area contributed by atoms with Crippen molar-refractivity contribution in [2.75, 3.05) is 46.6 Å². The van der Waals surface area contributed by atoms with Crippen LogP contribution in [0.25, 0.3) is 0 Å². The summed E-state index contributed by atoms with van der Waals surface area (Å²) < 4.78 is 10.2. The minimum atomic E-state index is -0.683. The first kappa shape index (κ1) is 12.4. The monoisotopic (exact) mass is 217 g/mol. The van der Waals surface area contributed by atoms with Crippen LogP contribution in [0.2, 0.25) is 0 Å². The molecule has 0 aliphatic carbocycles. The summed E-state index contributed by atoms with van der Waals surface area (Å²) in [5.74, 6) is -0.873. The van der Waals surface area contributed by atoms with Gasteiger partial charge in [0.15, 0.2) is 0 Å². The lowest BCUT2D eigenvalue weighted by Gasteiger charge is -2.14. The number of nitrogens with zero attached hydrogens (tertiary/aromatic N) is 1. The molecule has 1 saturated heterocycles. The molecule has 1 fully saturated rings. The first-order valence-corrected chi connectivity index (χ1v) is 5.26. The van der Waals surface area contributed by atoms with Crippen molar-refractivity contribution in [3.63, 3.8) is 0 Å². The summed E-state index contributed by atoms with van der Waals surface area (Å²) in [6, 6.07) is 0. The Labute approximate surface area is 90.0 Å². The SMILES string of the molecule is COCCOCCN1CCC(C(=O)O)C1. The second-order valence-corrected chi connectivity index (χ2v) is 3.73. The molecule has 0 radical (unpaired) electrons. The van der Waals surface area contributed by atoms with Gasteiger partial charge in [-0.25, -0.2) is 0 Å². The topological polar surface area (TPSA) is 59.0 Å². The van der Waals surface area contributed by atoms with Crippen molar-refractivity contribution < 1.29 is 19.4 Å². The molecule has 0 aromatic heterocycles. The van der Waals surface area contributed by atoms with E-state index in [-0.39, 0.29) is 5.92 Å². The average Bonchev–Trinajstić information content (AvgIpc) is 2.66. The van der Waals surface area contributed by atoms with Gasteiger partial charge < -0.3 is 19.5 Å². The van der Waals surface area contributed by atoms with E-state index in [9.17, 15) is 4.79 Å². The minimum absolute atomic E-state index is 0.191. The van der Waals surface area contributed by atoms with Crippen LogP contribution < -0.4 is 0 Å². The number of aliphatic carboxylic acids is 1. The standard InChI is InChI=1S/C10H19NO4/c1-14-6-7-15-5-4-11-3-2-9(8-11)10(12)13/h9H,2-8H2,1H3,(H,12,13). The molecule has 0 spiro atoms. The molecule has 5 nitrogen and oxygen atoms in total. The predicted molar refractivity (Wildman–Crippen MR) is 54.9 cm³/mol. The molecule has 1 N–H and O–H groups in total. The number of hydrogen-bond donors (Lipinski definition) is 1. The van der Waals surface area contributed by atoms with E-state index in [1.54, 1.807) is 7.11 Å². The van der Waals surface area contributed by atoms with Crippen molar-refractivity contribution in [1.82, 2.24) is 4.90 Å². The van der Waals surface area contributed by atoms with E-state index >= 15 is 0 Å². The second-order valence-electron chi connectivity index (χ2n) is 3.73. The first-order valence-electron chi connectivity index (χ1n) is 5.26. The van der Waals surface area contributed by atoms with Gasteiger partial charge >= 0.3 is 5.97 Å². The number of rotatable bonds is 7. The normalized spacial score (nSPS) is 22.1. The lowest BCUT2D eigenvalue weighted by Crippen LogP contribution is -2.27. The fourth-order valence-electron chi connectivity index (χ4n) is 1.68. The summed E-state index contributed by atoms with van der Waals surface area (Å²) in [7, 11) is 1.64. The number of carboxylic acids is 1. The highest BCUT2D eigenvalue weighted by Gasteiger charge is 2.27. The predicted octanol–water partition coefficient (Wildman–Crippen LogP) is 0.0559. The summed E-state index contributed by atoms with van der Waals surface area (Å²) >= 11 is 0. The van der Waals surface area contributed by atoms with Crippen molar-refractivity contribution in [2.24, 2.45) is 5.92 Å². The molecular weight excluding hydrogens is 198 g/mol. The average molecular weight is 217 g/mol.